The van der Waals surface area contributed by atoms with E-state index >= 15 is 0 Å². The van der Waals surface area contributed by atoms with E-state index in [1.165, 1.54) is 23.5 Å². The molecule has 1 aliphatic heterocycles. The number of amides is 1. The molecule has 2 aliphatic carbocycles. The number of nitrogens with one attached hydrogen (secondary N) is 1. The van der Waals surface area contributed by atoms with Crippen molar-refractivity contribution in [1.82, 2.24) is 0 Å². The SMILES string of the molecule is C[C@@H]1O[C@@H](O[C@H]2C[C@](O)(COC(=O)Nc3cccs3)Cc3c(O)c4c(c(O)c32)C(=O)c2ccccc2C4=O)C[C@H](N)[C@@H]1O. The van der Waals surface area contributed by atoms with E-state index in [9.17, 15) is 34.8 Å². The summed E-state index contributed by atoms with van der Waals surface area (Å²) >= 11 is 1.28. The molecule has 1 amide bonds. The van der Waals surface area contributed by atoms with Crippen LogP contribution in [0.3, 0.4) is 0 Å². The average Bonchev–Trinajstić information content (AvgIpc) is 3.48. The van der Waals surface area contributed by atoms with Crippen LogP contribution in [-0.2, 0) is 20.6 Å². The summed E-state index contributed by atoms with van der Waals surface area (Å²) < 4.78 is 17.3. The summed E-state index contributed by atoms with van der Waals surface area (Å²) in [6.45, 7) is 1.09. The maximum atomic E-state index is 13.5. The number of nitrogens with two attached hydrogens (primary N) is 1. The molecule has 12 nitrogen and oxygen atoms in total. The van der Waals surface area contributed by atoms with Crippen LogP contribution in [-0.4, -0.2) is 74.8 Å². The van der Waals surface area contributed by atoms with Crippen LogP contribution in [0.15, 0.2) is 41.8 Å². The number of anilines is 1. The Hall–Kier alpha value is -3.85. The molecule has 1 fully saturated rings. The molecule has 43 heavy (non-hydrogen) atoms. The van der Waals surface area contributed by atoms with Crippen molar-refractivity contribution in [3.63, 3.8) is 0 Å². The van der Waals surface area contributed by atoms with E-state index in [4.69, 9.17) is 19.9 Å². The molecule has 0 bridgehead atoms. The van der Waals surface area contributed by atoms with Gasteiger partial charge in [0, 0.05) is 47.6 Å². The first-order chi connectivity index (χ1) is 20.5. The first kappa shape index (κ1) is 29.2. The Kier molecular flexibility index (Phi) is 7.49. The zero-order valence-electron chi connectivity index (χ0n) is 23.0. The highest BCUT2D eigenvalue weighted by Gasteiger charge is 2.48. The van der Waals surface area contributed by atoms with Crippen LogP contribution in [0, 0.1) is 0 Å². The van der Waals surface area contributed by atoms with Gasteiger partial charge in [0.15, 0.2) is 17.9 Å². The molecule has 226 valence electrons. The monoisotopic (exact) mass is 610 g/mol. The van der Waals surface area contributed by atoms with E-state index in [1.54, 1.807) is 36.6 Å². The summed E-state index contributed by atoms with van der Waals surface area (Å²) in [6.07, 6.45) is -5.18. The molecule has 0 radical (unpaired) electrons. The van der Waals surface area contributed by atoms with Crippen molar-refractivity contribution in [3.05, 3.63) is 75.2 Å². The van der Waals surface area contributed by atoms with E-state index in [0.29, 0.717) is 5.00 Å². The number of hydrogen-bond donors (Lipinski definition) is 6. The molecule has 6 rings (SSSR count). The van der Waals surface area contributed by atoms with E-state index in [1.807, 2.05) is 0 Å². The number of phenolic OH excluding ortho intramolecular Hbond substituents is 2. The van der Waals surface area contributed by atoms with Gasteiger partial charge < -0.3 is 40.4 Å². The molecular weight excluding hydrogens is 580 g/mol. The number of phenols is 2. The van der Waals surface area contributed by atoms with Gasteiger partial charge in [-0.15, -0.1) is 11.3 Å². The number of rotatable bonds is 5. The van der Waals surface area contributed by atoms with Gasteiger partial charge in [0.2, 0.25) is 0 Å². The number of aliphatic hydroxyl groups excluding tert-OH is 1. The fourth-order valence-electron chi connectivity index (χ4n) is 6.03. The lowest BCUT2D eigenvalue weighted by Crippen LogP contribution is -2.52. The second kappa shape index (κ2) is 11.0. The van der Waals surface area contributed by atoms with Crippen molar-refractivity contribution < 1.29 is 49.0 Å². The molecule has 2 aromatic carbocycles. The highest BCUT2D eigenvalue weighted by Crippen LogP contribution is 2.52. The molecule has 0 saturated carbocycles. The Bertz CT molecular complexity index is 1600. The van der Waals surface area contributed by atoms with Crippen LogP contribution >= 0.6 is 11.3 Å². The van der Waals surface area contributed by atoms with E-state index in [2.05, 4.69) is 5.32 Å². The summed E-state index contributed by atoms with van der Waals surface area (Å²) in [5.74, 6) is -2.47. The van der Waals surface area contributed by atoms with Crippen LogP contribution in [0.4, 0.5) is 9.80 Å². The lowest BCUT2D eigenvalue weighted by molar-refractivity contribution is -0.248. The molecule has 1 saturated heterocycles. The van der Waals surface area contributed by atoms with Gasteiger partial charge in [-0.05, 0) is 24.4 Å². The number of aliphatic hydroxyl groups is 2. The molecule has 7 N–H and O–H groups in total. The van der Waals surface area contributed by atoms with E-state index in [-0.39, 0.29) is 52.6 Å². The topological polar surface area (TPSA) is 198 Å². The fraction of sp³-hybridized carbons (Fsp3) is 0.367. The van der Waals surface area contributed by atoms with Gasteiger partial charge in [-0.1, -0.05) is 24.3 Å². The first-order valence-corrected chi connectivity index (χ1v) is 14.6. The predicted octanol–water partition coefficient (Wildman–Crippen LogP) is 2.74. The van der Waals surface area contributed by atoms with Crippen LogP contribution in [0.5, 0.6) is 11.5 Å². The second-order valence-electron chi connectivity index (χ2n) is 11.1. The van der Waals surface area contributed by atoms with Crippen LogP contribution in [0.25, 0.3) is 0 Å². The Morgan fingerprint density at radius 2 is 1.79 bits per heavy atom. The second-order valence-corrected chi connectivity index (χ2v) is 12.1. The maximum absolute atomic E-state index is 13.5. The number of fused-ring (bicyclic) bond motifs is 3. The van der Waals surface area contributed by atoms with Crippen LogP contribution < -0.4 is 11.1 Å². The zero-order chi connectivity index (χ0) is 30.6. The highest BCUT2D eigenvalue weighted by atomic mass is 32.1. The minimum Gasteiger partial charge on any atom is -0.507 e. The fourth-order valence-corrected chi connectivity index (χ4v) is 6.63. The number of aromatic hydroxyl groups is 2. The van der Waals surface area contributed by atoms with Crippen molar-refractivity contribution in [2.45, 2.75) is 62.4 Å². The van der Waals surface area contributed by atoms with Gasteiger partial charge in [-0.25, -0.2) is 4.79 Å². The first-order valence-electron chi connectivity index (χ1n) is 13.7. The number of benzene rings is 2. The van der Waals surface area contributed by atoms with Gasteiger partial charge >= 0.3 is 6.09 Å². The number of thiophene rings is 1. The number of ketones is 2. The molecule has 0 unspecified atom stereocenters. The normalized spacial score (nSPS) is 28.0. The minimum absolute atomic E-state index is 0.000407. The Balaban J connectivity index is 1.39. The molecule has 3 aliphatic rings. The van der Waals surface area contributed by atoms with Crippen LogP contribution in [0.1, 0.15) is 68.8 Å². The smallest absolute Gasteiger partial charge is 0.412 e. The van der Waals surface area contributed by atoms with Crippen molar-refractivity contribution in [2.24, 2.45) is 5.73 Å². The summed E-state index contributed by atoms with van der Waals surface area (Å²) in [5.41, 5.74) is 3.61. The molecule has 6 atom stereocenters. The number of ether oxygens (including phenoxy) is 3. The van der Waals surface area contributed by atoms with Gasteiger partial charge in [0.25, 0.3) is 0 Å². The lowest BCUT2D eigenvalue weighted by Gasteiger charge is -2.42. The standard InChI is InChI=1S/C30H30N2O10S/c1-13-24(33)17(31)9-20(41-13)42-18-11-30(39,12-40-29(38)32-19-7-4-8-43-19)10-16-21(18)28(37)23-22(27(16)36)25(34)14-5-2-3-6-15(14)26(23)35/h2-8,13,17-18,20,24,33,36-37,39H,9-12,31H2,1H3,(H,32,38)/t13-,17-,18-,20-,24+,30-/m0/s1. The largest absolute Gasteiger partial charge is 0.507 e. The van der Waals surface area contributed by atoms with Crippen LogP contribution in [0.2, 0.25) is 0 Å². The van der Waals surface area contributed by atoms with Crippen molar-refractivity contribution in [3.8, 4) is 11.5 Å². The predicted molar refractivity (Wildman–Crippen MR) is 152 cm³/mol. The number of carbonyl (C=O) groups excluding carboxylic acids is 3. The number of carbonyl (C=O) groups is 3. The van der Waals surface area contributed by atoms with Gasteiger partial charge in [0.05, 0.1) is 34.4 Å². The Morgan fingerprint density at radius 1 is 1.12 bits per heavy atom. The third-order valence-electron chi connectivity index (χ3n) is 8.14. The Labute approximate surface area is 249 Å². The van der Waals surface area contributed by atoms with Gasteiger partial charge in [-0.2, -0.15) is 0 Å². The molecule has 0 spiro atoms. The lowest BCUT2D eigenvalue weighted by atomic mass is 9.73. The maximum Gasteiger partial charge on any atom is 0.412 e. The summed E-state index contributed by atoms with van der Waals surface area (Å²) in [6, 6.07) is 8.81. The van der Waals surface area contributed by atoms with Gasteiger partial charge in [0.1, 0.15) is 23.7 Å². The van der Waals surface area contributed by atoms with E-state index in [0.717, 1.165) is 0 Å². The van der Waals surface area contributed by atoms with Crippen molar-refractivity contribution in [2.75, 3.05) is 11.9 Å². The molecular formula is C30H30N2O10S. The molecule has 13 heteroatoms. The third kappa shape index (κ3) is 5.18. The quantitative estimate of drug-likeness (QED) is 0.182. The molecule has 2 heterocycles. The van der Waals surface area contributed by atoms with Crippen molar-refractivity contribution >= 4 is 34.0 Å². The third-order valence-corrected chi connectivity index (χ3v) is 8.92. The number of hydrogen-bond acceptors (Lipinski definition) is 12. The summed E-state index contributed by atoms with van der Waals surface area (Å²) in [5, 5.41) is 49.8. The molecule has 3 aromatic rings. The summed E-state index contributed by atoms with van der Waals surface area (Å²) in [4.78, 5) is 39.5. The minimum atomic E-state index is -1.83. The molecule has 1 aromatic heterocycles. The van der Waals surface area contributed by atoms with Crippen molar-refractivity contribution in [1.29, 1.82) is 0 Å². The summed E-state index contributed by atoms with van der Waals surface area (Å²) in [7, 11) is 0. The average molecular weight is 611 g/mol. The highest BCUT2D eigenvalue weighted by molar-refractivity contribution is 7.14. The Morgan fingerprint density at radius 3 is 2.42 bits per heavy atom. The zero-order valence-corrected chi connectivity index (χ0v) is 23.8. The van der Waals surface area contributed by atoms with E-state index < -0.39 is 72.0 Å². The van der Waals surface area contributed by atoms with Gasteiger partial charge in [-0.3, -0.25) is 14.9 Å².